The van der Waals surface area contributed by atoms with Crippen molar-refractivity contribution >= 4 is 39.1 Å². The lowest BCUT2D eigenvalue weighted by molar-refractivity contribution is 0.0953. The summed E-state index contributed by atoms with van der Waals surface area (Å²) in [5.74, 6) is -0.0213. The molecule has 0 saturated heterocycles. The lowest BCUT2D eigenvalue weighted by atomic mass is 10.2. The normalized spacial score (nSPS) is 11.4. The van der Waals surface area contributed by atoms with Crippen molar-refractivity contribution in [3.8, 4) is 0 Å². The van der Waals surface area contributed by atoms with Crippen LogP contribution in [0.5, 0.6) is 0 Å². The summed E-state index contributed by atoms with van der Waals surface area (Å²) in [6.45, 7) is 10.3. The maximum absolute atomic E-state index is 12.5. The first kappa shape index (κ1) is 19.9. The van der Waals surface area contributed by atoms with Crippen molar-refractivity contribution < 1.29 is 4.79 Å². The predicted octanol–water partition coefficient (Wildman–Crippen LogP) is 4.18. The summed E-state index contributed by atoms with van der Waals surface area (Å²) >= 11 is 7.77. The number of rotatable bonds is 8. The third-order valence-electron chi connectivity index (χ3n) is 4.72. The van der Waals surface area contributed by atoms with Gasteiger partial charge < -0.3 is 10.2 Å². The molecule has 144 valence electrons. The second-order valence-electron chi connectivity index (χ2n) is 6.45. The number of fused-ring (bicyclic) bond motifs is 1. The van der Waals surface area contributed by atoms with Gasteiger partial charge in [0, 0.05) is 23.5 Å². The summed E-state index contributed by atoms with van der Waals surface area (Å²) in [6.07, 6.45) is 0. The molecule has 0 aliphatic rings. The average Bonchev–Trinajstić information content (AvgIpc) is 3.22. The number of nitrogens with zero attached hydrogens (tertiary/aromatic N) is 3. The minimum Gasteiger partial charge on any atom is -0.350 e. The van der Waals surface area contributed by atoms with E-state index in [1.165, 1.54) is 11.3 Å². The van der Waals surface area contributed by atoms with Crippen LogP contribution in [-0.2, 0) is 6.54 Å². The maximum Gasteiger partial charge on any atom is 0.261 e. The molecule has 0 atom stereocenters. The number of hydrogen-bond donors (Lipinski definition) is 1. The molecule has 3 aromatic rings. The van der Waals surface area contributed by atoms with Crippen molar-refractivity contribution in [2.75, 3.05) is 26.2 Å². The SMILES string of the molecule is CCN(CC)CCNC(=O)c1cc2c(C)nn(Cc3ccccc3Cl)c2s1. The smallest absolute Gasteiger partial charge is 0.261 e. The van der Waals surface area contributed by atoms with Crippen LogP contribution < -0.4 is 5.32 Å². The minimum atomic E-state index is -0.0213. The Morgan fingerprint density at radius 3 is 2.74 bits per heavy atom. The summed E-state index contributed by atoms with van der Waals surface area (Å²) in [7, 11) is 0. The molecule has 2 heterocycles. The first-order chi connectivity index (χ1) is 13.0. The van der Waals surface area contributed by atoms with Gasteiger partial charge in [-0.2, -0.15) is 5.10 Å². The molecule has 0 aliphatic carbocycles. The molecule has 27 heavy (non-hydrogen) atoms. The van der Waals surface area contributed by atoms with Crippen LogP contribution in [-0.4, -0.2) is 46.8 Å². The van der Waals surface area contributed by atoms with Crippen LogP contribution >= 0.6 is 22.9 Å². The first-order valence-corrected chi connectivity index (χ1v) is 10.4. The van der Waals surface area contributed by atoms with Crippen LogP contribution in [0.25, 0.3) is 10.2 Å². The van der Waals surface area contributed by atoms with Crippen LogP contribution in [0.4, 0.5) is 0 Å². The second-order valence-corrected chi connectivity index (χ2v) is 7.88. The Balaban J connectivity index is 1.75. The maximum atomic E-state index is 12.5. The molecule has 0 unspecified atom stereocenters. The van der Waals surface area contributed by atoms with E-state index in [2.05, 4.69) is 29.2 Å². The van der Waals surface area contributed by atoms with Gasteiger partial charge in [-0.1, -0.05) is 43.6 Å². The van der Waals surface area contributed by atoms with Crippen molar-refractivity contribution in [1.82, 2.24) is 20.0 Å². The summed E-state index contributed by atoms with van der Waals surface area (Å²) in [5.41, 5.74) is 1.94. The van der Waals surface area contributed by atoms with Gasteiger partial charge in [-0.15, -0.1) is 11.3 Å². The lowest BCUT2D eigenvalue weighted by Gasteiger charge is -2.17. The summed E-state index contributed by atoms with van der Waals surface area (Å²) in [4.78, 5) is 16.5. The molecule has 1 amide bonds. The van der Waals surface area contributed by atoms with E-state index in [0.29, 0.717) is 13.1 Å². The van der Waals surface area contributed by atoms with Crippen molar-refractivity contribution in [2.45, 2.75) is 27.3 Å². The quantitative estimate of drug-likeness (QED) is 0.612. The van der Waals surface area contributed by atoms with E-state index in [4.69, 9.17) is 11.6 Å². The number of aromatic nitrogens is 2. The zero-order valence-corrected chi connectivity index (χ0v) is 17.5. The Hall–Kier alpha value is -1.89. The van der Waals surface area contributed by atoms with Crippen LogP contribution in [0.1, 0.15) is 34.8 Å². The molecule has 1 aromatic carbocycles. The van der Waals surface area contributed by atoms with Gasteiger partial charge >= 0.3 is 0 Å². The Bertz CT molecular complexity index is 929. The van der Waals surface area contributed by atoms with Gasteiger partial charge in [-0.05, 0) is 37.7 Å². The standard InChI is InChI=1S/C20H25ClN4OS/c1-4-24(5-2)11-10-22-19(26)18-12-16-14(3)23-25(20(16)27-18)13-15-8-6-7-9-17(15)21/h6-9,12H,4-5,10-11,13H2,1-3H3,(H,22,26). The van der Waals surface area contributed by atoms with Crippen molar-refractivity contribution in [3.63, 3.8) is 0 Å². The fourth-order valence-electron chi connectivity index (χ4n) is 3.07. The van der Waals surface area contributed by atoms with Crippen LogP contribution in [0.3, 0.4) is 0 Å². The number of benzene rings is 1. The Morgan fingerprint density at radius 2 is 2.04 bits per heavy atom. The first-order valence-electron chi connectivity index (χ1n) is 9.24. The van der Waals surface area contributed by atoms with Gasteiger partial charge in [0.05, 0.1) is 17.1 Å². The zero-order chi connectivity index (χ0) is 19.4. The third-order valence-corrected chi connectivity index (χ3v) is 6.23. The van der Waals surface area contributed by atoms with Gasteiger partial charge in [0.1, 0.15) is 4.83 Å². The van der Waals surface area contributed by atoms with Gasteiger partial charge in [0.25, 0.3) is 5.91 Å². The monoisotopic (exact) mass is 404 g/mol. The number of amides is 1. The highest BCUT2D eigenvalue weighted by Crippen LogP contribution is 2.29. The number of halogens is 1. The molecule has 0 saturated carbocycles. The Labute approximate surface area is 168 Å². The van der Waals surface area contributed by atoms with E-state index in [1.807, 2.05) is 41.9 Å². The molecule has 1 N–H and O–H groups in total. The topological polar surface area (TPSA) is 50.2 Å². The molecular formula is C20H25ClN4OS. The van der Waals surface area contributed by atoms with Gasteiger partial charge in [0.2, 0.25) is 0 Å². The molecule has 7 heteroatoms. The number of nitrogens with one attached hydrogen (secondary N) is 1. The van der Waals surface area contributed by atoms with E-state index in [1.54, 1.807) is 0 Å². The van der Waals surface area contributed by atoms with Gasteiger partial charge in [-0.25, -0.2) is 0 Å². The molecule has 2 aromatic heterocycles. The van der Waals surface area contributed by atoms with E-state index < -0.39 is 0 Å². The lowest BCUT2D eigenvalue weighted by Crippen LogP contribution is -2.34. The van der Waals surface area contributed by atoms with Gasteiger partial charge in [0.15, 0.2) is 0 Å². The highest BCUT2D eigenvalue weighted by molar-refractivity contribution is 7.20. The zero-order valence-electron chi connectivity index (χ0n) is 16.0. The number of thiophene rings is 1. The number of likely N-dealkylation sites (N-methyl/N-ethyl adjacent to an activating group) is 1. The number of hydrogen-bond acceptors (Lipinski definition) is 4. The molecule has 0 fully saturated rings. The highest BCUT2D eigenvalue weighted by atomic mass is 35.5. The fourth-order valence-corrected chi connectivity index (χ4v) is 4.35. The minimum absolute atomic E-state index is 0.0213. The van der Waals surface area contributed by atoms with Crippen LogP contribution in [0, 0.1) is 6.92 Å². The summed E-state index contributed by atoms with van der Waals surface area (Å²) < 4.78 is 1.93. The van der Waals surface area contributed by atoms with Crippen molar-refractivity contribution in [1.29, 1.82) is 0 Å². The Kier molecular flexibility index (Phi) is 6.52. The number of carbonyl (C=O) groups excluding carboxylic acids is 1. The van der Waals surface area contributed by atoms with Gasteiger partial charge in [-0.3, -0.25) is 9.48 Å². The van der Waals surface area contributed by atoms with E-state index in [9.17, 15) is 4.79 Å². The number of carbonyl (C=O) groups is 1. The molecule has 5 nitrogen and oxygen atoms in total. The van der Waals surface area contributed by atoms with E-state index in [0.717, 1.165) is 51.0 Å². The predicted molar refractivity (Wildman–Crippen MR) is 113 cm³/mol. The van der Waals surface area contributed by atoms with Crippen molar-refractivity contribution in [3.05, 3.63) is 51.5 Å². The summed E-state index contributed by atoms with van der Waals surface area (Å²) in [6, 6.07) is 9.71. The second kappa shape index (κ2) is 8.87. The highest BCUT2D eigenvalue weighted by Gasteiger charge is 2.17. The Morgan fingerprint density at radius 1 is 1.30 bits per heavy atom. The molecule has 0 spiro atoms. The van der Waals surface area contributed by atoms with E-state index in [-0.39, 0.29) is 5.91 Å². The molecule has 0 aliphatic heterocycles. The third kappa shape index (κ3) is 4.51. The molecular weight excluding hydrogens is 380 g/mol. The number of aryl methyl sites for hydroxylation is 1. The molecule has 0 bridgehead atoms. The molecule has 0 radical (unpaired) electrons. The van der Waals surface area contributed by atoms with Crippen LogP contribution in [0.15, 0.2) is 30.3 Å². The van der Waals surface area contributed by atoms with Crippen molar-refractivity contribution in [2.24, 2.45) is 0 Å². The largest absolute Gasteiger partial charge is 0.350 e. The van der Waals surface area contributed by atoms with Crippen LogP contribution in [0.2, 0.25) is 5.02 Å². The summed E-state index contributed by atoms with van der Waals surface area (Å²) in [5, 5.41) is 9.41. The molecule has 3 rings (SSSR count). The average molecular weight is 405 g/mol. The fraction of sp³-hybridized carbons (Fsp3) is 0.400. The van der Waals surface area contributed by atoms with E-state index >= 15 is 0 Å².